The molecule has 0 bridgehead atoms. The molecular formula is C17H32N2O5S. The molecule has 0 N–H and O–H groups in total. The van der Waals surface area contributed by atoms with Gasteiger partial charge in [0.15, 0.2) is 0 Å². The van der Waals surface area contributed by atoms with Crippen LogP contribution in [0.1, 0.15) is 46.5 Å². The van der Waals surface area contributed by atoms with E-state index in [2.05, 4.69) is 4.74 Å². The highest BCUT2D eigenvalue weighted by Crippen LogP contribution is 2.22. The van der Waals surface area contributed by atoms with Crippen LogP contribution in [-0.4, -0.2) is 68.5 Å². The van der Waals surface area contributed by atoms with Crippen molar-refractivity contribution in [3.05, 3.63) is 0 Å². The van der Waals surface area contributed by atoms with Gasteiger partial charge in [0, 0.05) is 26.2 Å². The molecule has 1 fully saturated rings. The number of rotatable bonds is 9. The normalized spacial score (nSPS) is 19.0. The first-order valence-electron chi connectivity index (χ1n) is 9.04. The Morgan fingerprint density at radius 1 is 1.32 bits per heavy atom. The van der Waals surface area contributed by atoms with E-state index in [1.807, 2.05) is 20.8 Å². The standard InChI is InChI=1S/C17H32N2O5S/c1-5-11-25(22,23)19-9-6-7-15(13-19)17(21)18(12-14(2)3)10-8-16(20)24-4/h14-15H,5-13H2,1-4H3. The molecule has 1 aliphatic rings. The van der Waals surface area contributed by atoms with Gasteiger partial charge in [-0.3, -0.25) is 9.59 Å². The lowest BCUT2D eigenvalue weighted by molar-refractivity contribution is -0.143. The first-order valence-corrected chi connectivity index (χ1v) is 10.7. The molecule has 0 saturated carbocycles. The van der Waals surface area contributed by atoms with Crippen LogP contribution in [0.25, 0.3) is 0 Å². The predicted molar refractivity (Wildman–Crippen MR) is 96.4 cm³/mol. The molecule has 0 aliphatic carbocycles. The second kappa shape index (κ2) is 10.1. The average molecular weight is 377 g/mol. The molecule has 0 aromatic carbocycles. The average Bonchev–Trinajstić information content (AvgIpc) is 2.57. The molecule has 1 rings (SSSR count). The van der Waals surface area contributed by atoms with Crippen molar-refractivity contribution in [3.63, 3.8) is 0 Å². The monoisotopic (exact) mass is 376 g/mol. The molecule has 7 nitrogen and oxygen atoms in total. The van der Waals surface area contributed by atoms with Crippen molar-refractivity contribution in [1.29, 1.82) is 0 Å². The van der Waals surface area contributed by atoms with Crippen LogP contribution in [0.5, 0.6) is 0 Å². The van der Waals surface area contributed by atoms with Gasteiger partial charge in [-0.2, -0.15) is 0 Å². The summed E-state index contributed by atoms with van der Waals surface area (Å²) < 4.78 is 30.7. The van der Waals surface area contributed by atoms with Crippen molar-refractivity contribution in [2.24, 2.45) is 11.8 Å². The van der Waals surface area contributed by atoms with Gasteiger partial charge in [-0.25, -0.2) is 12.7 Å². The van der Waals surface area contributed by atoms with E-state index in [0.717, 1.165) is 0 Å². The van der Waals surface area contributed by atoms with E-state index >= 15 is 0 Å². The first kappa shape index (κ1) is 21.9. The van der Waals surface area contributed by atoms with Gasteiger partial charge in [-0.1, -0.05) is 20.8 Å². The topological polar surface area (TPSA) is 84.0 Å². The molecule has 0 aromatic heterocycles. The third-order valence-electron chi connectivity index (χ3n) is 4.30. The Labute approximate surface area is 151 Å². The molecule has 1 saturated heterocycles. The maximum atomic E-state index is 12.9. The number of hydrogen-bond acceptors (Lipinski definition) is 5. The molecule has 0 spiro atoms. The molecule has 1 atom stereocenters. The van der Waals surface area contributed by atoms with Crippen LogP contribution >= 0.6 is 0 Å². The third-order valence-corrected chi connectivity index (χ3v) is 6.34. The molecule has 146 valence electrons. The van der Waals surface area contributed by atoms with Crippen LogP contribution in [0, 0.1) is 11.8 Å². The molecule has 8 heteroatoms. The smallest absolute Gasteiger partial charge is 0.307 e. The molecule has 25 heavy (non-hydrogen) atoms. The number of esters is 1. The number of ether oxygens (including phenoxy) is 1. The second-order valence-corrected chi connectivity index (χ2v) is 9.11. The van der Waals surface area contributed by atoms with Gasteiger partial charge in [0.25, 0.3) is 0 Å². The van der Waals surface area contributed by atoms with Gasteiger partial charge in [0.05, 0.1) is 25.2 Å². The summed E-state index contributed by atoms with van der Waals surface area (Å²) in [5, 5.41) is 0. The van der Waals surface area contributed by atoms with Crippen LogP contribution < -0.4 is 0 Å². The highest BCUT2D eigenvalue weighted by atomic mass is 32.2. The fourth-order valence-electron chi connectivity index (χ4n) is 3.10. The lowest BCUT2D eigenvalue weighted by Crippen LogP contribution is -2.48. The molecule has 1 amide bonds. The minimum atomic E-state index is -3.29. The van der Waals surface area contributed by atoms with Gasteiger partial charge in [0.2, 0.25) is 15.9 Å². The SMILES string of the molecule is CCCS(=O)(=O)N1CCCC(C(=O)N(CCC(=O)OC)CC(C)C)C1. The molecule has 1 heterocycles. The fraction of sp³-hybridized carbons (Fsp3) is 0.882. The predicted octanol–water partition coefficient (Wildman–Crippen LogP) is 1.49. The molecule has 0 aromatic rings. The van der Waals surface area contributed by atoms with Gasteiger partial charge in [0.1, 0.15) is 0 Å². The number of carbonyl (C=O) groups excluding carboxylic acids is 2. The van der Waals surface area contributed by atoms with Gasteiger partial charge in [-0.05, 0) is 25.2 Å². The van der Waals surface area contributed by atoms with Crippen molar-refractivity contribution in [3.8, 4) is 0 Å². The quantitative estimate of drug-likeness (QED) is 0.569. The molecule has 1 aliphatic heterocycles. The summed E-state index contributed by atoms with van der Waals surface area (Å²) >= 11 is 0. The maximum Gasteiger partial charge on any atom is 0.307 e. The van der Waals surface area contributed by atoms with E-state index in [0.29, 0.717) is 38.9 Å². The van der Waals surface area contributed by atoms with Gasteiger partial charge < -0.3 is 9.64 Å². The summed E-state index contributed by atoms with van der Waals surface area (Å²) in [6.45, 7) is 7.44. The van der Waals surface area contributed by atoms with Gasteiger partial charge >= 0.3 is 5.97 Å². The van der Waals surface area contributed by atoms with Crippen LogP contribution in [0.3, 0.4) is 0 Å². The Hall–Kier alpha value is -1.15. The van der Waals surface area contributed by atoms with E-state index in [1.165, 1.54) is 11.4 Å². The zero-order chi connectivity index (χ0) is 19.0. The minimum Gasteiger partial charge on any atom is -0.469 e. The lowest BCUT2D eigenvalue weighted by Gasteiger charge is -2.35. The Morgan fingerprint density at radius 2 is 2.00 bits per heavy atom. The number of hydrogen-bond donors (Lipinski definition) is 0. The summed E-state index contributed by atoms with van der Waals surface area (Å²) in [4.78, 5) is 26.0. The van der Waals surface area contributed by atoms with E-state index in [-0.39, 0.29) is 42.4 Å². The van der Waals surface area contributed by atoms with Crippen molar-refractivity contribution < 1.29 is 22.7 Å². The number of amides is 1. The molecular weight excluding hydrogens is 344 g/mol. The summed E-state index contributed by atoms with van der Waals surface area (Å²) in [7, 11) is -1.96. The van der Waals surface area contributed by atoms with Crippen LogP contribution in [0.2, 0.25) is 0 Å². The van der Waals surface area contributed by atoms with Gasteiger partial charge in [-0.15, -0.1) is 0 Å². The Morgan fingerprint density at radius 3 is 2.56 bits per heavy atom. The van der Waals surface area contributed by atoms with Crippen LogP contribution in [0.4, 0.5) is 0 Å². The van der Waals surface area contributed by atoms with Crippen molar-refractivity contribution in [2.45, 2.75) is 46.5 Å². The number of carbonyl (C=O) groups is 2. The zero-order valence-electron chi connectivity index (χ0n) is 15.9. The molecule has 0 radical (unpaired) electrons. The summed E-state index contributed by atoms with van der Waals surface area (Å²) in [5.74, 6) is -0.361. The number of sulfonamides is 1. The fourth-order valence-corrected chi connectivity index (χ4v) is 4.69. The van der Waals surface area contributed by atoms with E-state index < -0.39 is 10.0 Å². The van der Waals surface area contributed by atoms with E-state index in [9.17, 15) is 18.0 Å². The summed E-state index contributed by atoms with van der Waals surface area (Å²) in [6.07, 6.45) is 2.09. The molecule has 1 unspecified atom stereocenters. The third kappa shape index (κ3) is 6.93. The number of methoxy groups -OCH3 is 1. The number of nitrogens with zero attached hydrogens (tertiary/aromatic N) is 2. The summed E-state index contributed by atoms with van der Waals surface area (Å²) in [5.41, 5.74) is 0. The maximum absolute atomic E-state index is 12.9. The second-order valence-electron chi connectivity index (χ2n) is 7.02. The van der Waals surface area contributed by atoms with E-state index in [1.54, 1.807) is 4.90 Å². The zero-order valence-corrected chi connectivity index (χ0v) is 16.7. The highest BCUT2D eigenvalue weighted by Gasteiger charge is 2.34. The first-order chi connectivity index (χ1) is 11.7. The highest BCUT2D eigenvalue weighted by molar-refractivity contribution is 7.89. The lowest BCUT2D eigenvalue weighted by atomic mass is 9.97. The Bertz CT molecular complexity index is 547. The number of piperidine rings is 1. The Balaban J connectivity index is 2.79. The van der Waals surface area contributed by atoms with Crippen LogP contribution in [0.15, 0.2) is 0 Å². The van der Waals surface area contributed by atoms with Crippen molar-refractivity contribution in [1.82, 2.24) is 9.21 Å². The Kier molecular flexibility index (Phi) is 8.85. The van der Waals surface area contributed by atoms with Crippen molar-refractivity contribution >= 4 is 21.9 Å². The van der Waals surface area contributed by atoms with Crippen LogP contribution in [-0.2, 0) is 24.3 Å². The van der Waals surface area contributed by atoms with Crippen molar-refractivity contribution in [2.75, 3.05) is 39.0 Å². The largest absolute Gasteiger partial charge is 0.469 e. The minimum absolute atomic E-state index is 0.0611. The summed E-state index contributed by atoms with van der Waals surface area (Å²) in [6, 6.07) is 0. The van der Waals surface area contributed by atoms with E-state index in [4.69, 9.17) is 0 Å².